The molecule has 13 heteroatoms. The number of hydrogen-bond acceptors (Lipinski definition) is 7. The van der Waals surface area contributed by atoms with Crippen LogP contribution in [-0.4, -0.2) is 70.7 Å². The molecule has 226 valence electrons. The van der Waals surface area contributed by atoms with Gasteiger partial charge < -0.3 is 20.1 Å². The Bertz CT molecular complexity index is 1390. The van der Waals surface area contributed by atoms with Gasteiger partial charge in [0, 0.05) is 60.4 Å². The summed E-state index contributed by atoms with van der Waals surface area (Å²) < 4.78 is 44.8. The largest absolute Gasteiger partial charge is 0.479 e. The van der Waals surface area contributed by atoms with Gasteiger partial charge in [0.1, 0.15) is 10.8 Å². The number of carboxylic acids is 1. The van der Waals surface area contributed by atoms with Gasteiger partial charge in [-0.25, -0.2) is 14.6 Å². The van der Waals surface area contributed by atoms with Crippen LogP contribution in [0, 0.1) is 6.92 Å². The standard InChI is InChI=1S/C29H33F3N4O4S2/c1-4-33-28(39)36-13-11-35(12-14-36)16-23-25(42-26(34-23)20-5-7-21(8-6-20)29(30,31)32)17-41-22-9-10-24(18(2)15-22)40-19(3)27(37)38/h5-10,15,19H,4,11-14,16-17H2,1-3H3,(H,33,39)(H,37,38). The van der Waals surface area contributed by atoms with Crippen LogP contribution in [0.15, 0.2) is 47.4 Å². The number of carbonyl (C=O) groups excluding carboxylic acids is 1. The second-order valence-electron chi connectivity index (χ2n) is 9.88. The van der Waals surface area contributed by atoms with Gasteiger partial charge in [-0.15, -0.1) is 23.1 Å². The number of piperazine rings is 1. The smallest absolute Gasteiger partial charge is 0.416 e. The van der Waals surface area contributed by atoms with E-state index in [0.717, 1.165) is 33.2 Å². The third-order valence-electron chi connectivity index (χ3n) is 6.77. The van der Waals surface area contributed by atoms with E-state index in [1.165, 1.54) is 30.4 Å². The predicted molar refractivity (Wildman–Crippen MR) is 157 cm³/mol. The molecule has 2 N–H and O–H groups in total. The van der Waals surface area contributed by atoms with Crippen LogP contribution in [0.3, 0.4) is 0 Å². The predicted octanol–water partition coefficient (Wildman–Crippen LogP) is 6.13. The van der Waals surface area contributed by atoms with E-state index < -0.39 is 23.8 Å². The van der Waals surface area contributed by atoms with E-state index in [4.69, 9.17) is 14.8 Å². The first kappa shape index (κ1) is 31.6. The van der Waals surface area contributed by atoms with E-state index in [9.17, 15) is 22.8 Å². The molecule has 2 aromatic carbocycles. The van der Waals surface area contributed by atoms with E-state index in [-0.39, 0.29) is 6.03 Å². The van der Waals surface area contributed by atoms with Crippen molar-refractivity contribution < 1.29 is 32.6 Å². The number of aromatic nitrogens is 1. The lowest BCUT2D eigenvalue weighted by Crippen LogP contribution is -2.51. The van der Waals surface area contributed by atoms with Crippen molar-refractivity contribution in [2.24, 2.45) is 0 Å². The van der Waals surface area contributed by atoms with E-state index in [1.54, 1.807) is 22.7 Å². The zero-order chi connectivity index (χ0) is 30.4. The van der Waals surface area contributed by atoms with E-state index in [1.807, 2.05) is 26.0 Å². The van der Waals surface area contributed by atoms with Crippen LogP contribution in [0.2, 0.25) is 0 Å². The minimum Gasteiger partial charge on any atom is -0.479 e. The van der Waals surface area contributed by atoms with E-state index in [2.05, 4.69) is 10.2 Å². The average Bonchev–Trinajstić information content (AvgIpc) is 3.35. The number of aliphatic carboxylic acids is 1. The van der Waals surface area contributed by atoms with Crippen molar-refractivity contribution in [3.63, 3.8) is 0 Å². The van der Waals surface area contributed by atoms with E-state index in [0.29, 0.717) is 61.3 Å². The van der Waals surface area contributed by atoms with Crippen molar-refractivity contribution in [3.05, 3.63) is 64.2 Å². The summed E-state index contributed by atoms with van der Waals surface area (Å²) in [5.41, 5.74) is 1.59. The normalized spacial score (nSPS) is 15.0. The number of ether oxygens (including phenoxy) is 1. The van der Waals surface area contributed by atoms with Crippen LogP contribution in [-0.2, 0) is 23.3 Å². The van der Waals surface area contributed by atoms with Crippen molar-refractivity contribution in [2.75, 3.05) is 32.7 Å². The number of nitrogens with zero attached hydrogens (tertiary/aromatic N) is 3. The molecule has 0 radical (unpaired) electrons. The maximum atomic E-state index is 13.1. The molecule has 42 heavy (non-hydrogen) atoms. The highest BCUT2D eigenvalue weighted by Gasteiger charge is 2.30. The highest BCUT2D eigenvalue weighted by Crippen LogP contribution is 2.36. The Balaban J connectivity index is 1.51. The first-order chi connectivity index (χ1) is 19.9. The van der Waals surface area contributed by atoms with Gasteiger partial charge in [-0.05, 0) is 56.7 Å². The number of benzene rings is 2. The number of thioether (sulfide) groups is 1. The van der Waals surface area contributed by atoms with Crippen LogP contribution in [0.4, 0.5) is 18.0 Å². The quantitative estimate of drug-likeness (QED) is 0.263. The summed E-state index contributed by atoms with van der Waals surface area (Å²) in [5, 5.41) is 12.6. The zero-order valence-electron chi connectivity index (χ0n) is 23.5. The average molecular weight is 623 g/mol. The molecule has 1 aliphatic heterocycles. The number of carboxylic acid groups (broad SMARTS) is 1. The molecule has 1 aromatic heterocycles. The number of rotatable bonds is 10. The molecule has 1 saturated heterocycles. The minimum atomic E-state index is -4.41. The minimum absolute atomic E-state index is 0.0726. The number of aryl methyl sites for hydroxylation is 1. The van der Waals surface area contributed by atoms with Gasteiger partial charge in [0.15, 0.2) is 6.10 Å². The maximum Gasteiger partial charge on any atom is 0.416 e. The summed E-state index contributed by atoms with van der Waals surface area (Å²) in [7, 11) is 0. The lowest BCUT2D eigenvalue weighted by molar-refractivity contribution is -0.144. The van der Waals surface area contributed by atoms with E-state index >= 15 is 0 Å². The number of carbonyl (C=O) groups is 2. The van der Waals surface area contributed by atoms with Gasteiger partial charge >= 0.3 is 18.2 Å². The molecular weight excluding hydrogens is 589 g/mol. The molecule has 2 heterocycles. The molecule has 1 aliphatic rings. The number of amides is 2. The summed E-state index contributed by atoms with van der Waals surface area (Å²) in [4.78, 5) is 34.2. The van der Waals surface area contributed by atoms with Crippen molar-refractivity contribution in [3.8, 4) is 16.3 Å². The molecule has 2 amide bonds. The summed E-state index contributed by atoms with van der Waals surface area (Å²) in [6, 6.07) is 10.5. The fourth-order valence-electron chi connectivity index (χ4n) is 4.36. The van der Waals surface area contributed by atoms with Crippen LogP contribution >= 0.6 is 23.1 Å². The number of alkyl halides is 3. The van der Waals surface area contributed by atoms with Gasteiger partial charge in [0.25, 0.3) is 0 Å². The van der Waals surface area contributed by atoms with Gasteiger partial charge in [-0.3, -0.25) is 4.90 Å². The Morgan fingerprint density at radius 1 is 1.14 bits per heavy atom. The Kier molecular flexibility index (Phi) is 10.4. The molecule has 0 aliphatic carbocycles. The first-order valence-corrected chi connectivity index (χ1v) is 15.3. The van der Waals surface area contributed by atoms with Crippen LogP contribution in [0.25, 0.3) is 10.6 Å². The highest BCUT2D eigenvalue weighted by atomic mass is 32.2. The number of thiazole rings is 1. The Morgan fingerprint density at radius 3 is 2.43 bits per heavy atom. The summed E-state index contributed by atoms with van der Waals surface area (Å²) in [5.74, 6) is 0.0571. The van der Waals surface area contributed by atoms with Gasteiger partial charge in [0.05, 0.1) is 11.3 Å². The topological polar surface area (TPSA) is 95.0 Å². The monoisotopic (exact) mass is 622 g/mol. The third-order valence-corrected chi connectivity index (χ3v) is 9.12. The van der Waals surface area contributed by atoms with Crippen molar-refractivity contribution in [1.29, 1.82) is 0 Å². The van der Waals surface area contributed by atoms with Crippen molar-refractivity contribution in [2.45, 2.75) is 50.2 Å². The molecule has 0 spiro atoms. The number of hydrogen-bond donors (Lipinski definition) is 2. The fraction of sp³-hybridized carbons (Fsp3) is 0.414. The number of nitrogens with one attached hydrogen (secondary N) is 1. The number of urea groups is 1. The molecule has 8 nitrogen and oxygen atoms in total. The van der Waals surface area contributed by atoms with Gasteiger partial charge in [-0.1, -0.05) is 12.1 Å². The zero-order valence-corrected chi connectivity index (χ0v) is 25.2. The molecule has 3 aromatic rings. The molecular formula is C29H33F3N4O4S2. The lowest BCUT2D eigenvalue weighted by atomic mass is 10.1. The second-order valence-corrected chi connectivity index (χ2v) is 12.0. The SMILES string of the molecule is CCNC(=O)N1CCN(Cc2nc(-c3ccc(C(F)(F)F)cc3)sc2CSc2ccc(OC(C)C(=O)O)c(C)c2)CC1. The first-order valence-electron chi connectivity index (χ1n) is 13.5. The van der Waals surface area contributed by atoms with Gasteiger partial charge in [0.2, 0.25) is 0 Å². The molecule has 1 atom stereocenters. The Morgan fingerprint density at radius 2 is 1.83 bits per heavy atom. The summed E-state index contributed by atoms with van der Waals surface area (Å²) in [6.45, 7) is 8.92. The molecule has 1 fully saturated rings. The van der Waals surface area contributed by atoms with Crippen LogP contribution in [0.1, 0.15) is 35.5 Å². The van der Waals surface area contributed by atoms with Crippen LogP contribution < -0.4 is 10.1 Å². The highest BCUT2D eigenvalue weighted by molar-refractivity contribution is 7.98. The number of halogens is 3. The fourth-order valence-corrected chi connectivity index (χ4v) is 6.53. The Hall–Kier alpha value is -3.29. The van der Waals surface area contributed by atoms with Crippen LogP contribution in [0.5, 0.6) is 5.75 Å². The Labute approximate surface area is 250 Å². The second kappa shape index (κ2) is 13.8. The summed E-state index contributed by atoms with van der Waals surface area (Å²) >= 11 is 3.05. The molecule has 0 bridgehead atoms. The molecule has 1 unspecified atom stereocenters. The van der Waals surface area contributed by atoms with Crippen molar-refractivity contribution >= 4 is 35.1 Å². The van der Waals surface area contributed by atoms with Gasteiger partial charge in [-0.2, -0.15) is 13.2 Å². The molecule has 4 rings (SSSR count). The molecule has 0 saturated carbocycles. The third kappa shape index (κ3) is 8.17. The lowest BCUT2D eigenvalue weighted by Gasteiger charge is -2.34. The summed E-state index contributed by atoms with van der Waals surface area (Å²) in [6.07, 6.45) is -5.37. The van der Waals surface area contributed by atoms with Crippen molar-refractivity contribution in [1.82, 2.24) is 20.1 Å². The maximum absolute atomic E-state index is 13.1.